The van der Waals surface area contributed by atoms with Crippen LogP contribution in [0.25, 0.3) is 0 Å². The fourth-order valence-corrected chi connectivity index (χ4v) is 6.85. The van der Waals surface area contributed by atoms with E-state index in [0.717, 1.165) is 44.9 Å². The Morgan fingerprint density at radius 1 is 1.00 bits per heavy atom. The molecule has 1 aromatic rings. The largest absolute Gasteiger partial charge is 0.349 e. The minimum atomic E-state index is -0.410. The SMILES string of the molecule is CCN(CC)C(=O)c1cn(C2CCCC2)cc(C(=O)N2C[C@@]3(C)C[C@@H]2CC(C)(C)C3)c1=O. The van der Waals surface area contributed by atoms with Crippen LogP contribution in [-0.4, -0.2) is 51.9 Å². The topological polar surface area (TPSA) is 62.6 Å². The van der Waals surface area contributed by atoms with Crippen molar-refractivity contribution in [2.45, 2.75) is 91.6 Å². The molecule has 3 aliphatic rings. The van der Waals surface area contributed by atoms with Crippen LogP contribution in [0.4, 0.5) is 0 Å². The van der Waals surface area contributed by atoms with Gasteiger partial charge in [0.15, 0.2) is 0 Å². The second kappa shape index (κ2) is 8.35. The number of carbonyl (C=O) groups excluding carboxylic acids is 2. The van der Waals surface area contributed by atoms with Crippen LogP contribution in [0.1, 0.15) is 106 Å². The number of amides is 2. The number of nitrogens with zero attached hydrogens (tertiary/aromatic N) is 3. The molecule has 1 aromatic heterocycles. The first-order chi connectivity index (χ1) is 15.1. The molecule has 32 heavy (non-hydrogen) atoms. The van der Waals surface area contributed by atoms with Gasteiger partial charge in [0.05, 0.1) is 0 Å². The fraction of sp³-hybridized carbons (Fsp3) is 0.731. The van der Waals surface area contributed by atoms with Gasteiger partial charge in [-0.1, -0.05) is 33.6 Å². The Bertz CT molecular complexity index is 956. The number of pyridine rings is 1. The molecule has 2 amide bonds. The van der Waals surface area contributed by atoms with Crippen molar-refractivity contribution in [3.8, 4) is 0 Å². The number of hydrogen-bond donors (Lipinski definition) is 0. The first-order valence-corrected chi connectivity index (χ1v) is 12.4. The Morgan fingerprint density at radius 2 is 1.62 bits per heavy atom. The molecule has 176 valence electrons. The molecule has 2 saturated carbocycles. The monoisotopic (exact) mass is 441 g/mol. The van der Waals surface area contributed by atoms with Crippen LogP contribution in [0.5, 0.6) is 0 Å². The van der Waals surface area contributed by atoms with Gasteiger partial charge in [0.1, 0.15) is 11.1 Å². The molecule has 6 heteroatoms. The predicted molar refractivity (Wildman–Crippen MR) is 126 cm³/mol. The average molecular weight is 442 g/mol. The smallest absolute Gasteiger partial charge is 0.259 e. The van der Waals surface area contributed by atoms with Gasteiger partial charge in [0.2, 0.25) is 5.43 Å². The summed E-state index contributed by atoms with van der Waals surface area (Å²) < 4.78 is 1.99. The minimum absolute atomic E-state index is 0.0984. The van der Waals surface area contributed by atoms with Gasteiger partial charge in [0, 0.05) is 44.1 Å². The van der Waals surface area contributed by atoms with Crippen molar-refractivity contribution >= 4 is 11.8 Å². The van der Waals surface area contributed by atoms with E-state index < -0.39 is 5.43 Å². The van der Waals surface area contributed by atoms with Crippen molar-refractivity contribution in [2.24, 2.45) is 10.8 Å². The second-order valence-corrected chi connectivity index (χ2v) is 11.4. The number of likely N-dealkylation sites (tertiary alicyclic amines) is 1. The highest BCUT2D eigenvalue weighted by Crippen LogP contribution is 2.52. The number of rotatable bonds is 5. The lowest BCUT2D eigenvalue weighted by Crippen LogP contribution is -2.41. The third kappa shape index (κ3) is 4.13. The molecule has 4 rings (SSSR count). The highest BCUT2D eigenvalue weighted by molar-refractivity contribution is 5.99. The first-order valence-electron chi connectivity index (χ1n) is 12.4. The van der Waals surface area contributed by atoms with Gasteiger partial charge in [-0.2, -0.15) is 0 Å². The van der Waals surface area contributed by atoms with E-state index in [4.69, 9.17) is 0 Å². The maximum atomic E-state index is 13.8. The summed E-state index contributed by atoms with van der Waals surface area (Å²) in [6, 6.07) is 0.414. The van der Waals surface area contributed by atoms with Crippen LogP contribution in [0.3, 0.4) is 0 Å². The van der Waals surface area contributed by atoms with Crippen LogP contribution in [0.15, 0.2) is 17.2 Å². The van der Waals surface area contributed by atoms with E-state index in [0.29, 0.717) is 19.6 Å². The molecule has 2 bridgehead atoms. The van der Waals surface area contributed by atoms with Gasteiger partial charge >= 0.3 is 0 Å². The molecule has 2 atom stereocenters. The summed E-state index contributed by atoms with van der Waals surface area (Å²) in [6.45, 7) is 12.4. The van der Waals surface area contributed by atoms with E-state index in [9.17, 15) is 14.4 Å². The fourth-order valence-electron chi connectivity index (χ4n) is 6.85. The van der Waals surface area contributed by atoms with Crippen LogP contribution in [0, 0.1) is 10.8 Å². The maximum Gasteiger partial charge on any atom is 0.259 e. The van der Waals surface area contributed by atoms with Gasteiger partial charge in [-0.05, 0) is 56.8 Å². The van der Waals surface area contributed by atoms with Crippen molar-refractivity contribution in [3.05, 3.63) is 33.7 Å². The Balaban J connectivity index is 1.75. The van der Waals surface area contributed by atoms with E-state index in [1.165, 1.54) is 0 Å². The Labute approximate surface area is 192 Å². The number of fused-ring (bicyclic) bond motifs is 2. The average Bonchev–Trinajstić information content (AvgIpc) is 3.34. The number of hydrogen-bond acceptors (Lipinski definition) is 3. The third-order valence-electron chi connectivity index (χ3n) is 7.98. The van der Waals surface area contributed by atoms with Crippen LogP contribution < -0.4 is 5.43 Å². The van der Waals surface area contributed by atoms with Crippen molar-refractivity contribution in [3.63, 3.8) is 0 Å². The molecule has 3 fully saturated rings. The zero-order valence-electron chi connectivity index (χ0n) is 20.4. The normalized spacial score (nSPS) is 27.0. The highest BCUT2D eigenvalue weighted by atomic mass is 16.2. The van der Waals surface area contributed by atoms with Crippen LogP contribution in [0.2, 0.25) is 0 Å². The number of aromatic nitrogens is 1. The molecule has 0 aromatic carbocycles. The molecule has 2 aliphatic carbocycles. The quantitative estimate of drug-likeness (QED) is 0.676. The van der Waals surface area contributed by atoms with Gasteiger partial charge in [-0.3, -0.25) is 14.4 Å². The van der Waals surface area contributed by atoms with E-state index in [1.807, 2.05) is 23.3 Å². The zero-order valence-corrected chi connectivity index (χ0v) is 20.4. The van der Waals surface area contributed by atoms with Gasteiger partial charge in [-0.15, -0.1) is 0 Å². The summed E-state index contributed by atoms with van der Waals surface area (Å²) in [5.41, 5.74) is 0.189. The second-order valence-electron chi connectivity index (χ2n) is 11.4. The summed E-state index contributed by atoms with van der Waals surface area (Å²) >= 11 is 0. The van der Waals surface area contributed by atoms with Crippen molar-refractivity contribution in [1.29, 1.82) is 0 Å². The molecular formula is C26H39N3O3. The Hall–Kier alpha value is -2.11. The lowest BCUT2D eigenvalue weighted by atomic mass is 9.65. The highest BCUT2D eigenvalue weighted by Gasteiger charge is 2.51. The molecule has 0 spiro atoms. The van der Waals surface area contributed by atoms with Crippen molar-refractivity contribution in [1.82, 2.24) is 14.4 Å². The Morgan fingerprint density at radius 3 is 2.25 bits per heavy atom. The molecular weight excluding hydrogens is 402 g/mol. The maximum absolute atomic E-state index is 13.8. The molecule has 1 saturated heterocycles. The van der Waals surface area contributed by atoms with E-state index in [1.54, 1.807) is 17.3 Å². The van der Waals surface area contributed by atoms with E-state index in [2.05, 4.69) is 20.8 Å². The molecule has 2 heterocycles. The van der Waals surface area contributed by atoms with Crippen LogP contribution >= 0.6 is 0 Å². The summed E-state index contributed by atoms with van der Waals surface area (Å²) in [7, 11) is 0. The van der Waals surface area contributed by atoms with E-state index >= 15 is 0 Å². The minimum Gasteiger partial charge on any atom is -0.349 e. The van der Waals surface area contributed by atoms with Crippen molar-refractivity contribution < 1.29 is 9.59 Å². The predicted octanol–water partition coefficient (Wildman–Crippen LogP) is 4.49. The molecule has 0 N–H and O–H groups in total. The molecule has 0 radical (unpaired) electrons. The van der Waals surface area contributed by atoms with Crippen molar-refractivity contribution in [2.75, 3.05) is 19.6 Å². The van der Waals surface area contributed by atoms with Gasteiger partial charge < -0.3 is 14.4 Å². The lowest BCUT2D eigenvalue weighted by Gasteiger charge is -2.39. The van der Waals surface area contributed by atoms with E-state index in [-0.39, 0.29) is 45.9 Å². The van der Waals surface area contributed by atoms with Crippen LogP contribution in [-0.2, 0) is 0 Å². The summed E-state index contributed by atoms with van der Waals surface area (Å²) in [6.07, 6.45) is 10.8. The summed E-state index contributed by atoms with van der Waals surface area (Å²) in [5.74, 6) is -0.461. The summed E-state index contributed by atoms with van der Waals surface area (Å²) in [4.78, 5) is 44.1. The number of carbonyl (C=O) groups is 2. The molecule has 1 aliphatic heterocycles. The van der Waals surface area contributed by atoms with Gasteiger partial charge in [-0.25, -0.2) is 0 Å². The summed E-state index contributed by atoms with van der Waals surface area (Å²) in [5, 5.41) is 0. The molecule has 6 nitrogen and oxygen atoms in total. The standard InChI is InChI=1S/C26H39N3O3/c1-6-27(7-2)23(31)20-14-28(18-10-8-9-11-18)15-21(22(20)30)24(32)29-17-26(5)13-19(29)12-25(3,4)16-26/h14-15,18-19H,6-13,16-17H2,1-5H3/t19-,26-/m0/s1. The third-order valence-corrected chi connectivity index (χ3v) is 7.98. The Kier molecular flexibility index (Phi) is 6.01. The zero-order chi connectivity index (χ0) is 23.3. The molecule has 0 unspecified atom stereocenters. The first kappa shape index (κ1) is 23.1. The van der Waals surface area contributed by atoms with Gasteiger partial charge in [0.25, 0.3) is 11.8 Å². The lowest BCUT2D eigenvalue weighted by molar-refractivity contribution is 0.0705.